The molecule has 1 atom stereocenters. The Labute approximate surface area is 128 Å². The van der Waals surface area contributed by atoms with Crippen LogP contribution in [0.3, 0.4) is 0 Å². The van der Waals surface area contributed by atoms with Crippen molar-refractivity contribution >= 4 is 17.6 Å². The molecule has 0 spiro atoms. The van der Waals surface area contributed by atoms with Gasteiger partial charge in [-0.05, 0) is 50.0 Å². The first kappa shape index (κ1) is 16.2. The molecule has 1 aromatic carbocycles. The summed E-state index contributed by atoms with van der Waals surface area (Å²) in [6, 6.07) is 4.52. The van der Waals surface area contributed by atoms with Crippen molar-refractivity contribution in [3.63, 3.8) is 0 Å². The largest absolute Gasteiger partial charge is 0.467 e. The number of hydrogen-bond acceptors (Lipinski definition) is 4. The highest BCUT2D eigenvalue weighted by Gasteiger charge is 2.30. The number of carbonyl (C=O) groups excluding carboxylic acids is 1. The molecule has 1 aromatic rings. The summed E-state index contributed by atoms with van der Waals surface area (Å²) in [5.41, 5.74) is 0.564. The number of halogens is 2. The lowest BCUT2D eigenvalue weighted by Crippen LogP contribution is -2.40. The smallest absolute Gasteiger partial charge is 0.334 e. The Morgan fingerprint density at radius 3 is 2.81 bits per heavy atom. The van der Waals surface area contributed by atoms with Gasteiger partial charge in [0.2, 0.25) is 0 Å². The number of piperidine rings is 1. The van der Waals surface area contributed by atoms with Crippen LogP contribution in [0, 0.1) is 11.7 Å². The van der Waals surface area contributed by atoms with Gasteiger partial charge in [-0.15, -0.1) is 0 Å². The summed E-state index contributed by atoms with van der Waals surface area (Å²) >= 11 is 5.88. The summed E-state index contributed by atoms with van der Waals surface area (Å²) in [5.74, 6) is -0.955. The van der Waals surface area contributed by atoms with E-state index in [-0.39, 0.29) is 11.7 Å². The molecule has 2 rings (SSSR count). The van der Waals surface area contributed by atoms with Crippen molar-refractivity contribution in [3.05, 3.63) is 34.6 Å². The maximum absolute atomic E-state index is 13.7. The average molecular weight is 316 g/mol. The van der Waals surface area contributed by atoms with Crippen LogP contribution in [0.15, 0.2) is 18.2 Å². The molecule has 1 saturated heterocycles. The molecule has 1 unspecified atom stereocenters. The molecule has 0 aromatic heterocycles. The molecule has 0 bridgehead atoms. The molecule has 0 aliphatic carbocycles. The number of carbonyl (C=O) groups is 1. The first-order chi connectivity index (χ1) is 10.0. The van der Waals surface area contributed by atoms with Gasteiger partial charge in [0.15, 0.2) is 6.10 Å². The number of hydrogen-bond donors (Lipinski definition) is 1. The zero-order chi connectivity index (χ0) is 15.4. The third-order valence-corrected chi connectivity index (χ3v) is 4.16. The number of benzene rings is 1. The molecular weight excluding hydrogens is 297 g/mol. The second-order valence-electron chi connectivity index (χ2n) is 5.32. The molecular formula is C15H19ClFNO3. The fourth-order valence-corrected chi connectivity index (χ4v) is 2.84. The number of esters is 1. The molecule has 1 heterocycles. The van der Waals surface area contributed by atoms with E-state index >= 15 is 0 Å². The van der Waals surface area contributed by atoms with E-state index in [9.17, 15) is 14.3 Å². The van der Waals surface area contributed by atoms with Crippen molar-refractivity contribution < 1.29 is 19.0 Å². The summed E-state index contributed by atoms with van der Waals surface area (Å²) in [7, 11) is 1.27. The number of aliphatic hydroxyl groups is 1. The lowest BCUT2D eigenvalue weighted by Gasteiger charge is -2.33. The van der Waals surface area contributed by atoms with Crippen LogP contribution in [-0.2, 0) is 16.1 Å². The summed E-state index contributed by atoms with van der Waals surface area (Å²) in [5, 5.41) is 10.3. The summed E-state index contributed by atoms with van der Waals surface area (Å²) in [6.45, 7) is 1.88. The summed E-state index contributed by atoms with van der Waals surface area (Å²) in [6.07, 6.45) is 0.289. The van der Waals surface area contributed by atoms with Crippen molar-refractivity contribution in [2.75, 3.05) is 20.2 Å². The van der Waals surface area contributed by atoms with E-state index in [2.05, 4.69) is 9.64 Å². The topological polar surface area (TPSA) is 49.8 Å². The molecule has 6 heteroatoms. The van der Waals surface area contributed by atoms with Gasteiger partial charge >= 0.3 is 5.97 Å². The minimum atomic E-state index is -1.07. The van der Waals surface area contributed by atoms with Gasteiger partial charge in [-0.25, -0.2) is 9.18 Å². The average Bonchev–Trinajstić information content (AvgIpc) is 2.50. The standard InChI is InChI=1S/C15H19ClFNO3/c1-21-15(20)14(19)10-4-6-18(7-5-10)9-11-8-12(16)2-3-13(11)17/h2-3,8,10,14,19H,4-7,9H2,1H3. The Morgan fingerprint density at radius 2 is 2.19 bits per heavy atom. The van der Waals surface area contributed by atoms with Gasteiger partial charge in [-0.1, -0.05) is 11.6 Å². The van der Waals surface area contributed by atoms with E-state index in [0.717, 1.165) is 0 Å². The quantitative estimate of drug-likeness (QED) is 0.866. The number of rotatable bonds is 4. The van der Waals surface area contributed by atoms with Gasteiger partial charge in [0.1, 0.15) is 5.82 Å². The van der Waals surface area contributed by atoms with Crippen molar-refractivity contribution in [2.24, 2.45) is 5.92 Å². The lowest BCUT2D eigenvalue weighted by molar-refractivity contribution is -0.154. The molecule has 4 nitrogen and oxygen atoms in total. The van der Waals surface area contributed by atoms with Gasteiger partial charge in [0.25, 0.3) is 0 Å². The van der Waals surface area contributed by atoms with Gasteiger partial charge < -0.3 is 9.84 Å². The molecule has 1 N–H and O–H groups in total. The predicted molar refractivity (Wildman–Crippen MR) is 77.4 cm³/mol. The third kappa shape index (κ3) is 4.15. The summed E-state index contributed by atoms with van der Waals surface area (Å²) < 4.78 is 18.2. The fourth-order valence-electron chi connectivity index (χ4n) is 2.65. The van der Waals surface area contributed by atoms with Crippen molar-refractivity contribution in [2.45, 2.75) is 25.5 Å². The van der Waals surface area contributed by atoms with Crippen molar-refractivity contribution in [1.29, 1.82) is 0 Å². The minimum absolute atomic E-state index is 0.0992. The maximum Gasteiger partial charge on any atom is 0.334 e. The molecule has 1 fully saturated rings. The first-order valence-electron chi connectivity index (χ1n) is 6.93. The molecule has 0 saturated carbocycles. The maximum atomic E-state index is 13.7. The van der Waals surface area contributed by atoms with E-state index < -0.39 is 12.1 Å². The molecule has 0 amide bonds. The van der Waals surface area contributed by atoms with E-state index in [1.807, 2.05) is 0 Å². The van der Waals surface area contributed by atoms with Crippen molar-refractivity contribution in [1.82, 2.24) is 4.90 Å². The van der Waals surface area contributed by atoms with Crippen LogP contribution in [-0.4, -0.2) is 42.3 Å². The fraction of sp³-hybridized carbons (Fsp3) is 0.533. The number of nitrogens with zero attached hydrogens (tertiary/aromatic N) is 1. The van der Waals surface area contributed by atoms with E-state index in [1.165, 1.54) is 19.2 Å². The highest BCUT2D eigenvalue weighted by Crippen LogP contribution is 2.24. The van der Waals surface area contributed by atoms with Gasteiger partial charge in [-0.3, -0.25) is 4.90 Å². The van der Waals surface area contributed by atoms with Crippen LogP contribution in [0.1, 0.15) is 18.4 Å². The first-order valence-corrected chi connectivity index (χ1v) is 7.31. The Bertz CT molecular complexity index is 504. The number of aliphatic hydroxyl groups excluding tert-OH is 1. The predicted octanol–water partition coefficient (Wildman–Crippen LogP) is 2.22. The highest BCUT2D eigenvalue weighted by molar-refractivity contribution is 6.30. The van der Waals surface area contributed by atoms with Crippen LogP contribution < -0.4 is 0 Å². The normalized spacial score (nSPS) is 18.5. The van der Waals surface area contributed by atoms with Crippen LogP contribution >= 0.6 is 11.6 Å². The minimum Gasteiger partial charge on any atom is -0.467 e. The van der Waals surface area contributed by atoms with Gasteiger partial charge in [0, 0.05) is 17.1 Å². The van der Waals surface area contributed by atoms with Gasteiger partial charge in [-0.2, -0.15) is 0 Å². The Kier molecular flexibility index (Phi) is 5.56. The van der Waals surface area contributed by atoms with Crippen molar-refractivity contribution in [3.8, 4) is 0 Å². The van der Waals surface area contributed by atoms with Crippen LogP contribution in [0.4, 0.5) is 4.39 Å². The second kappa shape index (κ2) is 7.20. The Hall–Kier alpha value is -1.17. The van der Waals surface area contributed by atoms with E-state index in [4.69, 9.17) is 11.6 Å². The molecule has 21 heavy (non-hydrogen) atoms. The van der Waals surface area contributed by atoms with Crippen LogP contribution in [0.25, 0.3) is 0 Å². The second-order valence-corrected chi connectivity index (χ2v) is 5.75. The Balaban J connectivity index is 1.89. The zero-order valence-corrected chi connectivity index (χ0v) is 12.6. The van der Waals surface area contributed by atoms with Gasteiger partial charge in [0.05, 0.1) is 7.11 Å². The monoisotopic (exact) mass is 315 g/mol. The molecule has 0 radical (unpaired) electrons. The van der Waals surface area contributed by atoms with Crippen LogP contribution in [0.2, 0.25) is 5.02 Å². The SMILES string of the molecule is COC(=O)C(O)C1CCN(Cc2cc(Cl)ccc2F)CC1. The molecule has 1 aliphatic heterocycles. The number of ether oxygens (including phenoxy) is 1. The third-order valence-electron chi connectivity index (χ3n) is 3.92. The summed E-state index contributed by atoms with van der Waals surface area (Å²) in [4.78, 5) is 13.4. The number of methoxy groups -OCH3 is 1. The van der Waals surface area contributed by atoms with Crippen LogP contribution in [0.5, 0.6) is 0 Å². The van der Waals surface area contributed by atoms with E-state index in [0.29, 0.717) is 43.1 Å². The molecule has 1 aliphatic rings. The highest BCUT2D eigenvalue weighted by atomic mass is 35.5. The lowest BCUT2D eigenvalue weighted by atomic mass is 9.91. The molecule has 116 valence electrons. The van der Waals surface area contributed by atoms with E-state index in [1.54, 1.807) is 6.07 Å². The zero-order valence-electron chi connectivity index (χ0n) is 11.9. The number of likely N-dealkylation sites (tertiary alicyclic amines) is 1. The Morgan fingerprint density at radius 1 is 1.52 bits per heavy atom.